The highest BCUT2D eigenvalue weighted by Gasteiger charge is 2.34. The Morgan fingerprint density at radius 3 is 2.52 bits per heavy atom. The third-order valence-electron chi connectivity index (χ3n) is 7.37. The van der Waals surface area contributed by atoms with Crippen molar-refractivity contribution in [1.82, 2.24) is 15.2 Å². The number of anilines is 1. The van der Waals surface area contributed by atoms with Gasteiger partial charge in [0.05, 0.1) is 34.2 Å². The number of aromatic nitrogens is 1. The zero-order valence-electron chi connectivity index (χ0n) is 25.4. The summed E-state index contributed by atoms with van der Waals surface area (Å²) >= 11 is 1.43. The van der Waals surface area contributed by atoms with E-state index in [1.165, 1.54) is 41.7 Å². The maximum Gasteiger partial charge on any atom is 0.410 e. The summed E-state index contributed by atoms with van der Waals surface area (Å²) in [5.41, 5.74) is 0.698. The van der Waals surface area contributed by atoms with Crippen molar-refractivity contribution in [2.75, 3.05) is 25.0 Å². The van der Waals surface area contributed by atoms with Gasteiger partial charge >= 0.3 is 6.09 Å². The molecule has 0 bridgehead atoms. The zero-order chi connectivity index (χ0) is 32.6. The number of fused-ring (bicyclic) bond motifs is 2. The van der Waals surface area contributed by atoms with Gasteiger partial charge in [0, 0.05) is 41.2 Å². The fraction of sp³-hybridized carbons (Fsp3) is 0.273. The fourth-order valence-electron chi connectivity index (χ4n) is 5.05. The van der Waals surface area contributed by atoms with Crippen molar-refractivity contribution in [2.24, 2.45) is 5.92 Å². The molecule has 2 aliphatic heterocycles. The van der Waals surface area contributed by atoms with Gasteiger partial charge in [0.2, 0.25) is 9.84 Å². The van der Waals surface area contributed by atoms with Crippen LogP contribution in [0.25, 0.3) is 10.6 Å². The molecule has 3 heterocycles. The minimum absolute atomic E-state index is 0.0507. The van der Waals surface area contributed by atoms with Crippen LogP contribution in [0.5, 0.6) is 5.75 Å². The topological polar surface area (TPSA) is 144 Å². The molecule has 0 saturated carbocycles. The lowest BCUT2D eigenvalue weighted by Crippen LogP contribution is -2.53. The molecular weight excluding hydrogens is 629 g/mol. The second-order valence-corrected chi connectivity index (χ2v) is 15.1. The first-order valence-electron chi connectivity index (χ1n) is 14.6. The molecule has 1 aromatic heterocycles. The minimum Gasteiger partial charge on any atom is -0.493 e. The molecule has 11 nitrogen and oxygen atoms in total. The smallest absolute Gasteiger partial charge is 0.410 e. The number of likely N-dealkylation sites (tertiary alicyclic amines) is 1. The molecule has 1 fully saturated rings. The van der Waals surface area contributed by atoms with Gasteiger partial charge in [-0.1, -0.05) is 12.1 Å². The van der Waals surface area contributed by atoms with Crippen molar-refractivity contribution < 1.29 is 32.3 Å². The Hall–Kier alpha value is -4.75. The second kappa shape index (κ2) is 12.2. The van der Waals surface area contributed by atoms with E-state index in [9.17, 15) is 22.8 Å². The van der Waals surface area contributed by atoms with E-state index in [4.69, 9.17) is 9.47 Å². The minimum atomic E-state index is -3.96. The van der Waals surface area contributed by atoms with Crippen LogP contribution in [-0.2, 0) is 21.1 Å². The molecule has 0 unspecified atom stereocenters. The van der Waals surface area contributed by atoms with Crippen LogP contribution in [0, 0.1) is 5.92 Å². The first kappa shape index (κ1) is 31.2. The van der Waals surface area contributed by atoms with E-state index in [2.05, 4.69) is 15.6 Å². The molecule has 2 aliphatic rings. The Bertz CT molecular complexity index is 1930. The van der Waals surface area contributed by atoms with E-state index in [-0.39, 0.29) is 45.2 Å². The predicted octanol–water partition coefficient (Wildman–Crippen LogP) is 5.38. The van der Waals surface area contributed by atoms with Gasteiger partial charge in [-0.05, 0) is 75.4 Å². The number of ether oxygens (including phenoxy) is 2. The van der Waals surface area contributed by atoms with E-state index < -0.39 is 27.3 Å². The number of amides is 3. The summed E-state index contributed by atoms with van der Waals surface area (Å²) in [5.74, 6) is -0.0126. The van der Waals surface area contributed by atoms with Crippen LogP contribution in [0.1, 0.15) is 46.4 Å². The normalized spacial score (nSPS) is 15.5. The molecule has 6 rings (SSSR count). The number of hydrogen-bond acceptors (Lipinski definition) is 9. The standard InChI is InChI=1S/C33H32N4O7S2/c1-33(2,3)44-32(40)37-17-20(18-37)19-43-23-11-8-21(9-12-23)31-35-16-24(45-31)15-34-29(38)22-10-13-28-26(14-22)36-30(39)25-6-4-5-7-27(25)46(28,41)42/h4-14,16,20H,15,17-19H2,1-3H3,(H,34,38)(H,36,39). The predicted molar refractivity (Wildman–Crippen MR) is 172 cm³/mol. The molecule has 0 atom stereocenters. The van der Waals surface area contributed by atoms with Crippen molar-refractivity contribution >= 4 is 44.8 Å². The number of carbonyl (C=O) groups excluding carboxylic acids is 3. The Kier molecular flexibility index (Phi) is 8.30. The largest absolute Gasteiger partial charge is 0.493 e. The molecule has 0 aliphatic carbocycles. The summed E-state index contributed by atoms with van der Waals surface area (Å²) in [6.45, 7) is 7.46. The molecule has 46 heavy (non-hydrogen) atoms. The number of nitrogens with one attached hydrogen (secondary N) is 2. The number of carbonyl (C=O) groups is 3. The first-order valence-corrected chi connectivity index (χ1v) is 16.9. The summed E-state index contributed by atoms with van der Waals surface area (Å²) in [6, 6.07) is 17.7. The molecule has 3 amide bonds. The molecule has 3 aromatic carbocycles. The molecule has 0 radical (unpaired) electrons. The van der Waals surface area contributed by atoms with E-state index in [0.29, 0.717) is 19.7 Å². The first-order chi connectivity index (χ1) is 21.9. The summed E-state index contributed by atoms with van der Waals surface area (Å²) in [4.78, 5) is 44.6. The van der Waals surface area contributed by atoms with Crippen molar-refractivity contribution in [3.8, 4) is 16.3 Å². The summed E-state index contributed by atoms with van der Waals surface area (Å²) < 4.78 is 37.7. The fourth-order valence-corrected chi connectivity index (χ4v) is 7.50. The molecule has 238 valence electrons. The molecule has 13 heteroatoms. The Morgan fingerprint density at radius 1 is 1.04 bits per heavy atom. The highest BCUT2D eigenvalue weighted by Crippen LogP contribution is 2.34. The maximum absolute atomic E-state index is 13.2. The Balaban J connectivity index is 1.02. The van der Waals surface area contributed by atoms with Crippen LogP contribution in [0.4, 0.5) is 10.5 Å². The second-order valence-electron chi connectivity index (χ2n) is 12.1. The lowest BCUT2D eigenvalue weighted by molar-refractivity contribution is -0.00783. The SMILES string of the molecule is CC(C)(C)OC(=O)N1CC(COc2ccc(-c3ncc(CNC(=O)c4ccc5c(c4)NC(=O)c4ccccc4S5(=O)=O)s3)cc2)C1. The van der Waals surface area contributed by atoms with Crippen LogP contribution in [0.3, 0.4) is 0 Å². The third-order valence-corrected chi connectivity index (χ3v) is 10.3. The summed E-state index contributed by atoms with van der Waals surface area (Å²) in [7, 11) is -3.96. The number of thiazole rings is 1. The number of benzene rings is 3. The van der Waals surface area contributed by atoms with Crippen LogP contribution < -0.4 is 15.4 Å². The molecule has 1 saturated heterocycles. The van der Waals surface area contributed by atoms with Gasteiger partial charge < -0.3 is 25.0 Å². The number of nitrogens with zero attached hydrogens (tertiary/aromatic N) is 2. The zero-order valence-corrected chi connectivity index (χ0v) is 27.0. The van der Waals surface area contributed by atoms with Gasteiger partial charge in [0.25, 0.3) is 11.8 Å². The van der Waals surface area contributed by atoms with Gasteiger partial charge in [0.15, 0.2) is 0 Å². The Labute approximate surface area is 270 Å². The van der Waals surface area contributed by atoms with E-state index in [0.717, 1.165) is 21.2 Å². The van der Waals surface area contributed by atoms with Crippen molar-refractivity contribution in [2.45, 2.75) is 42.7 Å². The van der Waals surface area contributed by atoms with Crippen LogP contribution in [0.2, 0.25) is 0 Å². The highest BCUT2D eigenvalue weighted by molar-refractivity contribution is 7.91. The van der Waals surface area contributed by atoms with Crippen LogP contribution in [0.15, 0.2) is 82.7 Å². The lowest BCUT2D eigenvalue weighted by atomic mass is 10.0. The van der Waals surface area contributed by atoms with Crippen LogP contribution >= 0.6 is 11.3 Å². The number of rotatable bonds is 7. The van der Waals surface area contributed by atoms with E-state index in [1.54, 1.807) is 23.2 Å². The third kappa shape index (κ3) is 6.60. The van der Waals surface area contributed by atoms with Gasteiger partial charge in [0.1, 0.15) is 16.4 Å². The average molecular weight is 661 g/mol. The monoisotopic (exact) mass is 660 g/mol. The van der Waals surface area contributed by atoms with Gasteiger partial charge in [-0.3, -0.25) is 9.59 Å². The molecule has 4 aromatic rings. The van der Waals surface area contributed by atoms with Crippen LogP contribution in [-0.4, -0.2) is 61.5 Å². The lowest BCUT2D eigenvalue weighted by Gasteiger charge is -2.39. The molecule has 2 N–H and O–H groups in total. The Morgan fingerprint density at radius 2 is 1.78 bits per heavy atom. The maximum atomic E-state index is 13.2. The average Bonchev–Trinajstić information content (AvgIpc) is 3.44. The van der Waals surface area contributed by atoms with Crippen molar-refractivity contribution in [3.05, 3.63) is 88.9 Å². The van der Waals surface area contributed by atoms with Crippen molar-refractivity contribution in [3.63, 3.8) is 0 Å². The van der Waals surface area contributed by atoms with E-state index >= 15 is 0 Å². The summed E-state index contributed by atoms with van der Waals surface area (Å²) in [6.07, 6.45) is 1.39. The van der Waals surface area contributed by atoms with E-state index in [1.807, 2.05) is 45.0 Å². The number of sulfone groups is 1. The van der Waals surface area contributed by atoms with Gasteiger partial charge in [-0.2, -0.15) is 0 Å². The molecular formula is C33H32N4O7S2. The quantitative estimate of drug-likeness (QED) is 0.269. The van der Waals surface area contributed by atoms with Crippen molar-refractivity contribution in [1.29, 1.82) is 0 Å². The number of hydrogen-bond donors (Lipinski definition) is 2. The van der Waals surface area contributed by atoms with Gasteiger partial charge in [-0.25, -0.2) is 18.2 Å². The van der Waals surface area contributed by atoms with Gasteiger partial charge in [-0.15, -0.1) is 11.3 Å². The highest BCUT2D eigenvalue weighted by atomic mass is 32.2. The summed E-state index contributed by atoms with van der Waals surface area (Å²) in [5, 5.41) is 6.24. The molecule has 0 spiro atoms.